The summed E-state index contributed by atoms with van der Waals surface area (Å²) < 4.78 is 60.9. The van der Waals surface area contributed by atoms with Crippen molar-refractivity contribution in [1.82, 2.24) is 0 Å². The topological polar surface area (TPSA) is 231 Å². The predicted molar refractivity (Wildman–Crippen MR) is 371 cm³/mol. The van der Waals surface area contributed by atoms with Gasteiger partial charge in [0.25, 0.3) is 0 Å². The number of allylic oxidation sites excluding steroid dienone is 16. The van der Waals surface area contributed by atoms with Crippen LogP contribution in [0, 0.1) is 0 Å². The molecule has 0 aromatic heterocycles. The molecule has 0 aliphatic heterocycles. The molecule has 5 unspecified atom stereocenters. The van der Waals surface area contributed by atoms with Crippen LogP contribution in [0.2, 0.25) is 0 Å². The summed E-state index contributed by atoms with van der Waals surface area (Å²) in [5, 5.41) is 20.6. The highest BCUT2D eigenvalue weighted by Gasteiger charge is 2.29. The van der Waals surface area contributed by atoms with Crippen molar-refractivity contribution in [3.05, 3.63) is 97.2 Å². The third-order valence-electron chi connectivity index (χ3n) is 14.8. The molecule has 526 valence electrons. The lowest BCUT2D eigenvalue weighted by atomic mass is 10.0. The van der Waals surface area contributed by atoms with E-state index in [1.807, 2.05) is 0 Å². The van der Waals surface area contributed by atoms with Gasteiger partial charge in [0.2, 0.25) is 0 Å². The van der Waals surface area contributed by atoms with Crippen molar-refractivity contribution in [2.75, 3.05) is 39.6 Å². The van der Waals surface area contributed by atoms with Crippen molar-refractivity contribution in [2.24, 2.45) is 0 Å². The molecule has 0 aromatic rings. The molecular weight excluding hydrogens is 1190 g/mol. The van der Waals surface area contributed by atoms with Crippen molar-refractivity contribution in [2.45, 2.75) is 309 Å². The van der Waals surface area contributed by atoms with Crippen LogP contribution in [-0.2, 0) is 55.8 Å². The van der Waals surface area contributed by atoms with E-state index in [0.717, 1.165) is 141 Å². The molecule has 16 nitrogen and oxygen atoms in total. The molecule has 0 aliphatic carbocycles. The normalized spacial score (nSPS) is 14.8. The molecule has 0 amide bonds. The molecule has 5 atom stereocenters. The van der Waals surface area contributed by atoms with E-state index in [-0.39, 0.29) is 19.3 Å². The number of aliphatic hydroxyl groups excluding tert-OH is 2. The lowest BCUT2D eigenvalue weighted by Gasteiger charge is -2.21. The van der Waals surface area contributed by atoms with Gasteiger partial charge in [-0.15, -0.1) is 0 Å². The highest BCUT2D eigenvalue weighted by molar-refractivity contribution is 7.47. The Hall–Kier alpha value is -3.53. The van der Waals surface area contributed by atoms with Crippen LogP contribution in [0.4, 0.5) is 0 Å². The summed E-state index contributed by atoms with van der Waals surface area (Å²) in [4.78, 5) is 58.4. The average molecular weight is 1320 g/mol. The molecule has 0 radical (unpaired) electrons. The van der Waals surface area contributed by atoms with E-state index in [9.17, 15) is 43.5 Å². The molecule has 0 heterocycles. The highest BCUT2D eigenvalue weighted by Crippen LogP contribution is 2.45. The van der Waals surface area contributed by atoms with Crippen LogP contribution in [0.15, 0.2) is 97.2 Å². The smallest absolute Gasteiger partial charge is 0.463 e. The first kappa shape index (κ1) is 87.5. The minimum absolute atomic E-state index is 0.105. The first-order chi connectivity index (χ1) is 44.2. The van der Waals surface area contributed by atoms with Crippen molar-refractivity contribution >= 4 is 33.6 Å². The van der Waals surface area contributed by atoms with Crippen LogP contribution in [0.5, 0.6) is 0 Å². The van der Waals surface area contributed by atoms with E-state index in [0.29, 0.717) is 19.3 Å². The summed E-state index contributed by atoms with van der Waals surface area (Å²) in [6.45, 7) is 2.52. The second kappa shape index (κ2) is 66.5. The molecule has 0 spiro atoms. The number of ether oxygens (including phenoxy) is 3. The largest absolute Gasteiger partial charge is 0.472 e. The first-order valence-corrected chi connectivity index (χ1v) is 38.5. The van der Waals surface area contributed by atoms with Crippen LogP contribution >= 0.6 is 15.6 Å². The maximum absolute atomic E-state index is 12.9. The Morgan fingerprint density at radius 1 is 0.319 bits per heavy atom. The number of rotatable bonds is 67. The second-order valence-corrected chi connectivity index (χ2v) is 26.6. The number of unbranched alkanes of at least 4 members (excludes halogenated alkanes) is 28. The highest BCUT2D eigenvalue weighted by atomic mass is 31.2. The zero-order valence-electron chi connectivity index (χ0n) is 57.0. The number of esters is 3. The fraction of sp³-hybridized carbons (Fsp3) is 0.740. The van der Waals surface area contributed by atoms with E-state index >= 15 is 0 Å². The zero-order chi connectivity index (χ0) is 66.7. The molecular formula is C73H128O16P2. The molecule has 0 aromatic carbocycles. The Balaban J connectivity index is 4.51. The van der Waals surface area contributed by atoms with E-state index in [2.05, 4.69) is 118 Å². The van der Waals surface area contributed by atoms with Gasteiger partial charge in [0.05, 0.1) is 26.4 Å². The Morgan fingerprint density at radius 3 is 0.945 bits per heavy atom. The summed E-state index contributed by atoms with van der Waals surface area (Å²) >= 11 is 0. The molecule has 0 rings (SSSR count). The molecule has 0 aliphatic rings. The number of hydrogen-bond acceptors (Lipinski definition) is 14. The third kappa shape index (κ3) is 67.7. The summed E-state index contributed by atoms with van der Waals surface area (Å²) in [5.74, 6) is -1.59. The van der Waals surface area contributed by atoms with Gasteiger partial charge in [-0.1, -0.05) is 266 Å². The van der Waals surface area contributed by atoms with E-state index in [4.69, 9.17) is 32.3 Å². The molecule has 0 fully saturated rings. The number of phosphoric ester groups is 2. The number of hydrogen-bond donors (Lipinski definition) is 4. The van der Waals surface area contributed by atoms with Crippen LogP contribution in [0.3, 0.4) is 0 Å². The molecule has 0 bridgehead atoms. The van der Waals surface area contributed by atoms with Crippen molar-refractivity contribution in [3.8, 4) is 0 Å². The Morgan fingerprint density at radius 2 is 0.582 bits per heavy atom. The summed E-state index contributed by atoms with van der Waals surface area (Å²) in [6.07, 6.45) is 73.2. The Bertz CT molecular complexity index is 2050. The van der Waals surface area contributed by atoms with Gasteiger partial charge in [-0.25, -0.2) is 9.13 Å². The van der Waals surface area contributed by atoms with E-state index in [1.54, 1.807) is 0 Å². The minimum atomic E-state index is -4.92. The summed E-state index contributed by atoms with van der Waals surface area (Å²) in [5.41, 5.74) is 0. The van der Waals surface area contributed by atoms with E-state index in [1.165, 1.54) is 89.9 Å². The second-order valence-electron chi connectivity index (χ2n) is 23.7. The predicted octanol–water partition coefficient (Wildman–Crippen LogP) is 19.9. The number of phosphoric acid groups is 2. The Kier molecular flexibility index (Phi) is 63.9. The maximum Gasteiger partial charge on any atom is 0.472 e. The zero-order valence-corrected chi connectivity index (χ0v) is 58.8. The van der Waals surface area contributed by atoms with Crippen LogP contribution in [-0.4, -0.2) is 95.9 Å². The Labute approximate surface area is 552 Å². The quantitative estimate of drug-likeness (QED) is 0.0146. The van der Waals surface area contributed by atoms with Gasteiger partial charge in [-0.3, -0.25) is 32.5 Å². The molecule has 0 saturated heterocycles. The lowest BCUT2D eigenvalue weighted by molar-refractivity contribution is -0.161. The first-order valence-electron chi connectivity index (χ1n) is 35.5. The third-order valence-corrected chi connectivity index (χ3v) is 16.7. The summed E-state index contributed by atoms with van der Waals surface area (Å²) in [7, 11) is -9.77. The van der Waals surface area contributed by atoms with Crippen LogP contribution in [0.25, 0.3) is 0 Å². The van der Waals surface area contributed by atoms with Gasteiger partial charge in [-0.2, -0.15) is 0 Å². The lowest BCUT2D eigenvalue weighted by Crippen LogP contribution is -2.30. The minimum Gasteiger partial charge on any atom is -0.463 e. The summed E-state index contributed by atoms with van der Waals surface area (Å²) in [6, 6.07) is 0. The molecule has 4 N–H and O–H groups in total. The number of carbonyl (C=O) groups excluding carboxylic acids is 3. The van der Waals surface area contributed by atoms with Gasteiger partial charge < -0.3 is 34.2 Å². The molecule has 91 heavy (non-hydrogen) atoms. The van der Waals surface area contributed by atoms with Gasteiger partial charge in [0.1, 0.15) is 25.4 Å². The van der Waals surface area contributed by atoms with Crippen molar-refractivity contribution < 1.29 is 75.8 Å². The van der Waals surface area contributed by atoms with Gasteiger partial charge in [0.15, 0.2) is 6.10 Å². The SMILES string of the molecule is CC/C=C\C/C=C\C/C=C\C/C=C\C/C=C\C/C=C\CCCCCCCCCCC(=O)OCC(O)COP(=O)(O)OCC(O)COP(=O)(O)OCC(COC(=O)CCCCCCC/C=C\C/C=C\CCCCC)OC(=O)CCCCCCCCCCCCCCC. The number of carbonyl (C=O) groups is 3. The fourth-order valence-electron chi connectivity index (χ4n) is 9.37. The monoisotopic (exact) mass is 1320 g/mol. The molecule has 18 heteroatoms. The molecule has 0 saturated carbocycles. The number of aliphatic hydroxyl groups is 2. The van der Waals surface area contributed by atoms with Gasteiger partial charge in [0, 0.05) is 19.3 Å². The van der Waals surface area contributed by atoms with Crippen molar-refractivity contribution in [1.29, 1.82) is 0 Å². The van der Waals surface area contributed by atoms with Crippen LogP contribution < -0.4 is 0 Å². The van der Waals surface area contributed by atoms with E-state index < -0.39 is 91.5 Å². The van der Waals surface area contributed by atoms with Crippen molar-refractivity contribution in [3.63, 3.8) is 0 Å². The fourth-order valence-corrected chi connectivity index (χ4v) is 11.0. The van der Waals surface area contributed by atoms with Gasteiger partial charge >= 0.3 is 33.6 Å². The van der Waals surface area contributed by atoms with Crippen LogP contribution in [0.1, 0.15) is 290 Å². The standard InChI is InChI=1S/C73H128O16P2/c1-4-7-10-13-16-19-22-25-27-28-29-30-31-32-33-34-35-36-37-38-40-43-44-47-50-53-56-59-71(76)83-62-68(74)63-85-90(79,80)86-64-69(75)65-87-91(81,82)88-67-70(89-73(78)61-58-55-52-49-46-41-24-21-18-15-12-9-6-3)66-84-72(77)60-57-54-51-48-45-42-39-26-23-20-17-14-11-8-5-2/h7,10,16-17,19-20,25-27,29-30,32-33,35-36,39,68-70,74-75H,4-6,8-9,11-15,18,21-24,28,31,34,37-38,40-67H2,1-3H3,(H,79,80)(H,81,82)/b10-7-,19-16-,20-17-,27-25-,30-29-,33-32-,36-35-,39-26-. The van der Waals surface area contributed by atoms with Gasteiger partial charge in [-0.05, 0) is 103 Å². The average Bonchev–Trinajstić information content (AvgIpc) is 3.70. The maximum atomic E-state index is 12.9.